The number of amides is 1. The van der Waals surface area contributed by atoms with Crippen LogP contribution in [0.4, 0.5) is 10.2 Å². The van der Waals surface area contributed by atoms with Crippen LogP contribution in [0.5, 0.6) is 0 Å². The van der Waals surface area contributed by atoms with E-state index in [4.69, 9.17) is 0 Å². The van der Waals surface area contributed by atoms with Crippen molar-refractivity contribution in [3.8, 4) is 0 Å². The minimum absolute atomic E-state index is 0.0259. The van der Waals surface area contributed by atoms with Crippen molar-refractivity contribution in [2.75, 3.05) is 11.9 Å². The summed E-state index contributed by atoms with van der Waals surface area (Å²) in [5.74, 6) is -0.554. The zero-order chi connectivity index (χ0) is 18.0. The molecule has 1 aliphatic rings. The van der Waals surface area contributed by atoms with Gasteiger partial charge < -0.3 is 5.32 Å². The molecule has 0 saturated carbocycles. The third-order valence-electron chi connectivity index (χ3n) is 4.09. The molecule has 1 aliphatic heterocycles. The largest absolute Gasteiger partial charge is 0.309 e. The van der Waals surface area contributed by atoms with Crippen molar-refractivity contribution >= 4 is 21.7 Å². The second-order valence-corrected chi connectivity index (χ2v) is 7.83. The first-order valence-electron chi connectivity index (χ1n) is 7.89. The number of nitrogens with zero attached hydrogens (tertiary/aromatic N) is 2. The van der Waals surface area contributed by atoms with Crippen LogP contribution in [0.1, 0.15) is 18.4 Å². The van der Waals surface area contributed by atoms with Gasteiger partial charge in [0.15, 0.2) is 0 Å². The number of aryl methyl sites for hydroxylation is 1. The van der Waals surface area contributed by atoms with E-state index in [-0.39, 0.29) is 11.4 Å². The summed E-state index contributed by atoms with van der Waals surface area (Å²) in [6.07, 6.45) is 2.63. The number of halogens is 1. The number of anilines is 1. The molecular formula is C17H18FN3O3S. The molecule has 1 saturated heterocycles. The minimum Gasteiger partial charge on any atom is -0.309 e. The second kappa shape index (κ2) is 6.89. The lowest BCUT2D eigenvalue weighted by atomic mass is 10.2. The summed E-state index contributed by atoms with van der Waals surface area (Å²) in [5, 5.41) is 2.66. The number of benzene rings is 1. The van der Waals surface area contributed by atoms with Crippen molar-refractivity contribution < 1.29 is 17.6 Å². The average Bonchev–Trinajstić information content (AvgIpc) is 3.08. The molecule has 0 spiro atoms. The Morgan fingerprint density at radius 2 is 1.96 bits per heavy atom. The zero-order valence-electron chi connectivity index (χ0n) is 13.6. The lowest BCUT2D eigenvalue weighted by Gasteiger charge is -2.23. The van der Waals surface area contributed by atoms with E-state index in [1.165, 1.54) is 16.4 Å². The Morgan fingerprint density at radius 3 is 2.60 bits per heavy atom. The average molecular weight is 363 g/mol. The predicted octanol–water partition coefficient (Wildman–Crippen LogP) is 2.32. The Bertz CT molecular complexity index is 867. The van der Waals surface area contributed by atoms with Crippen LogP contribution in [-0.2, 0) is 14.8 Å². The second-order valence-electron chi connectivity index (χ2n) is 5.94. The number of hydrogen-bond acceptors (Lipinski definition) is 4. The van der Waals surface area contributed by atoms with Gasteiger partial charge in [0.1, 0.15) is 17.7 Å². The van der Waals surface area contributed by atoms with E-state index in [2.05, 4.69) is 10.3 Å². The van der Waals surface area contributed by atoms with Gasteiger partial charge in [-0.25, -0.2) is 17.8 Å². The van der Waals surface area contributed by atoms with Crippen LogP contribution in [0.2, 0.25) is 0 Å². The number of pyridine rings is 1. The lowest BCUT2D eigenvalue weighted by Crippen LogP contribution is -2.43. The maximum Gasteiger partial charge on any atom is 0.243 e. The molecular weight excluding hydrogens is 345 g/mol. The summed E-state index contributed by atoms with van der Waals surface area (Å²) in [6.45, 7) is 2.13. The number of aromatic nitrogens is 1. The molecule has 2 heterocycles. The zero-order valence-corrected chi connectivity index (χ0v) is 14.5. The molecule has 1 aromatic carbocycles. The van der Waals surface area contributed by atoms with Gasteiger partial charge >= 0.3 is 0 Å². The molecule has 0 radical (unpaired) electrons. The first-order valence-corrected chi connectivity index (χ1v) is 9.33. The normalized spacial score (nSPS) is 18.2. The molecule has 0 bridgehead atoms. The maximum absolute atomic E-state index is 13.0. The van der Waals surface area contributed by atoms with Crippen molar-refractivity contribution in [1.82, 2.24) is 9.29 Å². The molecule has 3 rings (SSSR count). The lowest BCUT2D eigenvalue weighted by molar-refractivity contribution is -0.119. The van der Waals surface area contributed by atoms with Gasteiger partial charge in [0, 0.05) is 12.7 Å². The van der Waals surface area contributed by atoms with Gasteiger partial charge in [-0.05, 0) is 55.7 Å². The van der Waals surface area contributed by atoms with Crippen LogP contribution in [0.15, 0.2) is 47.5 Å². The number of carbonyl (C=O) groups excluding carboxylic acids is 1. The molecule has 132 valence electrons. The van der Waals surface area contributed by atoms with Crippen molar-refractivity contribution in [1.29, 1.82) is 0 Å². The summed E-state index contributed by atoms with van der Waals surface area (Å²) in [7, 11) is -3.86. The molecule has 1 fully saturated rings. The number of rotatable bonds is 4. The fourth-order valence-corrected chi connectivity index (χ4v) is 4.44. The highest BCUT2D eigenvalue weighted by atomic mass is 32.2. The smallest absolute Gasteiger partial charge is 0.243 e. The molecule has 0 aliphatic carbocycles. The van der Waals surface area contributed by atoms with Crippen molar-refractivity contribution in [2.24, 2.45) is 0 Å². The van der Waals surface area contributed by atoms with Crippen molar-refractivity contribution in [3.63, 3.8) is 0 Å². The number of carbonyl (C=O) groups is 1. The van der Waals surface area contributed by atoms with Crippen LogP contribution in [-0.4, -0.2) is 36.2 Å². The molecule has 2 aromatic rings. The molecule has 8 heteroatoms. The number of hydrogen-bond donors (Lipinski definition) is 1. The molecule has 1 N–H and O–H groups in total. The van der Waals surface area contributed by atoms with Crippen LogP contribution in [0.3, 0.4) is 0 Å². The van der Waals surface area contributed by atoms with Gasteiger partial charge in [-0.2, -0.15) is 4.31 Å². The Labute approximate surface area is 145 Å². The SMILES string of the molecule is Cc1ccc(NC(=O)C2CCCN2S(=O)(=O)c2ccc(F)cc2)nc1. The third kappa shape index (κ3) is 3.69. The van der Waals surface area contributed by atoms with Crippen LogP contribution >= 0.6 is 0 Å². The molecule has 1 unspecified atom stereocenters. The van der Waals surface area contributed by atoms with Crippen molar-refractivity contribution in [2.45, 2.75) is 30.7 Å². The Hall–Kier alpha value is -2.32. The monoisotopic (exact) mass is 363 g/mol. The topological polar surface area (TPSA) is 79.4 Å². The van der Waals surface area contributed by atoms with E-state index in [1.54, 1.807) is 12.3 Å². The number of sulfonamides is 1. The van der Waals surface area contributed by atoms with Crippen LogP contribution in [0.25, 0.3) is 0 Å². The first-order chi connectivity index (χ1) is 11.9. The van der Waals surface area contributed by atoms with Gasteiger partial charge in [-0.3, -0.25) is 4.79 Å². The van der Waals surface area contributed by atoms with Gasteiger partial charge in [0.2, 0.25) is 15.9 Å². The molecule has 1 atom stereocenters. The summed E-state index contributed by atoms with van der Waals surface area (Å²) in [6, 6.07) is 7.27. The van der Waals surface area contributed by atoms with E-state index in [1.807, 2.05) is 13.0 Å². The highest BCUT2D eigenvalue weighted by Crippen LogP contribution is 2.27. The number of nitrogens with one attached hydrogen (secondary N) is 1. The summed E-state index contributed by atoms with van der Waals surface area (Å²) in [4.78, 5) is 16.6. The van der Waals surface area contributed by atoms with Crippen LogP contribution < -0.4 is 5.32 Å². The first kappa shape index (κ1) is 17.5. The molecule has 25 heavy (non-hydrogen) atoms. The predicted molar refractivity (Wildman–Crippen MR) is 90.9 cm³/mol. The van der Waals surface area contributed by atoms with Gasteiger partial charge in [0.05, 0.1) is 4.90 Å². The summed E-state index contributed by atoms with van der Waals surface area (Å²) >= 11 is 0. The summed E-state index contributed by atoms with van der Waals surface area (Å²) < 4.78 is 39.7. The quantitative estimate of drug-likeness (QED) is 0.904. The van der Waals surface area contributed by atoms with Gasteiger partial charge in [-0.15, -0.1) is 0 Å². The van der Waals surface area contributed by atoms with E-state index in [0.717, 1.165) is 17.7 Å². The molecule has 1 aromatic heterocycles. The Morgan fingerprint density at radius 1 is 1.24 bits per heavy atom. The van der Waals surface area contributed by atoms with E-state index in [9.17, 15) is 17.6 Å². The van der Waals surface area contributed by atoms with Gasteiger partial charge in [-0.1, -0.05) is 6.07 Å². The minimum atomic E-state index is -3.86. The Balaban J connectivity index is 1.80. The van der Waals surface area contributed by atoms with E-state index in [0.29, 0.717) is 18.7 Å². The third-order valence-corrected chi connectivity index (χ3v) is 6.01. The van der Waals surface area contributed by atoms with E-state index >= 15 is 0 Å². The standard InChI is InChI=1S/C17H18FN3O3S/c1-12-4-9-16(19-11-12)20-17(22)15-3-2-10-21(15)25(23,24)14-7-5-13(18)6-8-14/h4-9,11,15H,2-3,10H2,1H3,(H,19,20,22). The maximum atomic E-state index is 13.0. The Kier molecular flexibility index (Phi) is 4.82. The van der Waals surface area contributed by atoms with Crippen LogP contribution in [0, 0.1) is 12.7 Å². The van der Waals surface area contributed by atoms with Crippen molar-refractivity contribution in [3.05, 3.63) is 54.0 Å². The van der Waals surface area contributed by atoms with E-state index < -0.39 is 27.8 Å². The fraction of sp³-hybridized carbons (Fsp3) is 0.294. The molecule has 1 amide bonds. The fourth-order valence-electron chi connectivity index (χ4n) is 2.78. The highest BCUT2D eigenvalue weighted by Gasteiger charge is 2.39. The van der Waals surface area contributed by atoms with Gasteiger partial charge in [0.25, 0.3) is 0 Å². The highest BCUT2D eigenvalue weighted by molar-refractivity contribution is 7.89. The summed E-state index contributed by atoms with van der Waals surface area (Å²) in [5.41, 5.74) is 0.958. The molecule has 6 nitrogen and oxygen atoms in total.